The number of aryl methyl sites for hydroxylation is 1. The van der Waals surface area contributed by atoms with Crippen molar-refractivity contribution in [2.45, 2.75) is 19.9 Å². The molecule has 0 unspecified atom stereocenters. The molecule has 0 saturated carbocycles. The average Bonchev–Trinajstić information content (AvgIpc) is 2.83. The first kappa shape index (κ1) is 17.4. The molecule has 25 heavy (non-hydrogen) atoms. The highest BCUT2D eigenvalue weighted by atomic mass is 35.5. The van der Waals surface area contributed by atoms with E-state index in [9.17, 15) is 4.79 Å². The highest BCUT2D eigenvalue weighted by Gasteiger charge is 2.14. The number of carbonyl (C=O) groups excluding carboxylic acids is 1. The summed E-state index contributed by atoms with van der Waals surface area (Å²) in [5.41, 5.74) is 2.91. The van der Waals surface area contributed by atoms with Gasteiger partial charge in [0.15, 0.2) is 11.5 Å². The van der Waals surface area contributed by atoms with E-state index >= 15 is 0 Å². The molecule has 0 fully saturated rings. The molecule has 0 spiro atoms. The molecular weight excluding hydrogens is 340 g/mol. The van der Waals surface area contributed by atoms with Crippen LogP contribution in [0.15, 0.2) is 36.4 Å². The van der Waals surface area contributed by atoms with Crippen LogP contribution in [0.5, 0.6) is 11.5 Å². The van der Waals surface area contributed by atoms with Gasteiger partial charge in [-0.3, -0.25) is 4.79 Å². The lowest BCUT2D eigenvalue weighted by Gasteiger charge is -2.13. The van der Waals surface area contributed by atoms with Gasteiger partial charge in [0.25, 0.3) is 0 Å². The maximum absolute atomic E-state index is 12.1. The summed E-state index contributed by atoms with van der Waals surface area (Å²) >= 11 is 6.26. The van der Waals surface area contributed by atoms with E-state index in [1.165, 1.54) is 0 Å². The van der Waals surface area contributed by atoms with E-state index in [2.05, 4.69) is 10.6 Å². The van der Waals surface area contributed by atoms with E-state index in [0.29, 0.717) is 42.0 Å². The normalized spacial score (nSPS) is 13.0. The molecule has 0 bridgehead atoms. The van der Waals surface area contributed by atoms with E-state index in [-0.39, 0.29) is 12.5 Å². The minimum absolute atomic E-state index is 0.105. The third-order valence-electron chi connectivity index (χ3n) is 4.01. The van der Waals surface area contributed by atoms with Gasteiger partial charge in [0.05, 0.1) is 30.5 Å². The lowest BCUT2D eigenvalue weighted by molar-refractivity contribution is -0.119. The minimum Gasteiger partial charge on any atom is -0.490 e. The molecule has 0 aliphatic carbocycles. The molecule has 2 aromatic rings. The molecule has 0 aromatic heterocycles. The Morgan fingerprint density at radius 1 is 1.16 bits per heavy atom. The number of anilines is 1. The molecule has 0 atom stereocenters. The number of rotatable bonds is 5. The highest BCUT2D eigenvalue weighted by Crippen LogP contribution is 2.37. The molecule has 5 nitrogen and oxygen atoms in total. The summed E-state index contributed by atoms with van der Waals surface area (Å²) < 4.78 is 11.2. The van der Waals surface area contributed by atoms with E-state index in [0.717, 1.165) is 17.5 Å². The molecule has 1 aliphatic rings. The quantitative estimate of drug-likeness (QED) is 0.856. The van der Waals surface area contributed by atoms with Gasteiger partial charge in [-0.25, -0.2) is 0 Å². The smallest absolute Gasteiger partial charge is 0.239 e. The number of hydrogen-bond acceptors (Lipinski definition) is 4. The molecule has 0 saturated heterocycles. The van der Waals surface area contributed by atoms with Gasteiger partial charge in [0.1, 0.15) is 0 Å². The second-order valence-corrected chi connectivity index (χ2v) is 6.29. The summed E-state index contributed by atoms with van der Waals surface area (Å²) in [4.78, 5) is 12.1. The number of ether oxygens (including phenoxy) is 2. The molecule has 2 aromatic carbocycles. The van der Waals surface area contributed by atoms with Crippen LogP contribution in [0.4, 0.5) is 5.69 Å². The van der Waals surface area contributed by atoms with Crippen molar-refractivity contribution in [3.8, 4) is 11.5 Å². The Balaban J connectivity index is 1.57. The largest absolute Gasteiger partial charge is 0.490 e. The summed E-state index contributed by atoms with van der Waals surface area (Å²) in [7, 11) is 0. The second-order valence-electron chi connectivity index (χ2n) is 5.89. The zero-order valence-electron chi connectivity index (χ0n) is 14.1. The average molecular weight is 361 g/mol. The Kier molecular flexibility index (Phi) is 5.66. The second kappa shape index (κ2) is 8.12. The van der Waals surface area contributed by atoms with Crippen molar-refractivity contribution in [3.63, 3.8) is 0 Å². The van der Waals surface area contributed by atoms with Crippen molar-refractivity contribution >= 4 is 23.2 Å². The van der Waals surface area contributed by atoms with Crippen molar-refractivity contribution < 1.29 is 14.3 Å². The number of fused-ring (bicyclic) bond motifs is 1. The van der Waals surface area contributed by atoms with Crippen LogP contribution in [0.1, 0.15) is 17.5 Å². The first-order valence-corrected chi connectivity index (χ1v) is 8.65. The highest BCUT2D eigenvalue weighted by molar-refractivity contribution is 6.33. The van der Waals surface area contributed by atoms with Crippen LogP contribution < -0.4 is 20.1 Å². The first-order valence-electron chi connectivity index (χ1n) is 8.27. The molecule has 132 valence electrons. The molecule has 6 heteroatoms. The Labute approximate surface area is 152 Å². The maximum atomic E-state index is 12.1. The van der Waals surface area contributed by atoms with Crippen molar-refractivity contribution in [1.82, 2.24) is 5.32 Å². The fourth-order valence-electron chi connectivity index (χ4n) is 2.56. The minimum atomic E-state index is -0.105. The summed E-state index contributed by atoms with van der Waals surface area (Å²) in [6.45, 7) is 3.87. The maximum Gasteiger partial charge on any atom is 0.239 e. The van der Waals surface area contributed by atoms with Gasteiger partial charge < -0.3 is 20.1 Å². The summed E-state index contributed by atoms with van der Waals surface area (Å²) in [5, 5.41) is 6.45. The van der Waals surface area contributed by atoms with Crippen LogP contribution in [0.3, 0.4) is 0 Å². The molecule has 1 heterocycles. The van der Waals surface area contributed by atoms with E-state index in [1.54, 1.807) is 12.1 Å². The first-order chi connectivity index (χ1) is 12.1. The zero-order valence-corrected chi connectivity index (χ0v) is 14.9. The topological polar surface area (TPSA) is 59.6 Å². The fraction of sp³-hybridized carbons (Fsp3) is 0.316. The van der Waals surface area contributed by atoms with Crippen LogP contribution in [0, 0.1) is 6.92 Å². The van der Waals surface area contributed by atoms with Crippen molar-refractivity contribution in [1.29, 1.82) is 0 Å². The molecule has 1 aliphatic heterocycles. The summed E-state index contributed by atoms with van der Waals surface area (Å²) in [6, 6.07) is 11.5. The Morgan fingerprint density at radius 2 is 1.88 bits per heavy atom. The Morgan fingerprint density at radius 3 is 2.64 bits per heavy atom. The third-order valence-corrected chi connectivity index (χ3v) is 4.33. The lowest BCUT2D eigenvalue weighted by atomic mass is 10.1. The van der Waals surface area contributed by atoms with E-state index in [1.807, 2.05) is 31.2 Å². The van der Waals surface area contributed by atoms with Crippen LogP contribution >= 0.6 is 11.6 Å². The molecular formula is C19H21ClN2O3. The van der Waals surface area contributed by atoms with Gasteiger partial charge in [0, 0.05) is 25.1 Å². The van der Waals surface area contributed by atoms with Gasteiger partial charge in [0.2, 0.25) is 5.91 Å². The molecule has 2 N–H and O–H groups in total. The van der Waals surface area contributed by atoms with Gasteiger partial charge in [-0.2, -0.15) is 0 Å². The zero-order chi connectivity index (χ0) is 17.6. The summed E-state index contributed by atoms with van der Waals surface area (Å²) in [5.74, 6) is 1.17. The Hall–Kier alpha value is -2.40. The SMILES string of the molecule is Cc1ccccc1CNC(=O)CNc1cc2c(cc1Cl)OCCCO2. The van der Waals surface area contributed by atoms with E-state index in [4.69, 9.17) is 21.1 Å². The van der Waals surface area contributed by atoms with Gasteiger partial charge in [-0.1, -0.05) is 35.9 Å². The number of benzene rings is 2. The number of nitrogens with one attached hydrogen (secondary N) is 2. The predicted octanol–water partition coefficient (Wildman–Crippen LogP) is 3.54. The van der Waals surface area contributed by atoms with Gasteiger partial charge in [-0.05, 0) is 18.1 Å². The van der Waals surface area contributed by atoms with Crippen LogP contribution in [0.2, 0.25) is 5.02 Å². The Bertz CT molecular complexity index is 764. The number of hydrogen-bond donors (Lipinski definition) is 2. The van der Waals surface area contributed by atoms with Gasteiger partial charge >= 0.3 is 0 Å². The molecule has 0 radical (unpaired) electrons. The lowest BCUT2D eigenvalue weighted by Crippen LogP contribution is -2.29. The van der Waals surface area contributed by atoms with Crippen molar-refractivity contribution in [2.24, 2.45) is 0 Å². The molecule has 3 rings (SSSR count). The number of carbonyl (C=O) groups is 1. The van der Waals surface area contributed by atoms with Crippen LogP contribution in [-0.2, 0) is 11.3 Å². The van der Waals surface area contributed by atoms with Crippen molar-refractivity contribution in [2.75, 3.05) is 25.1 Å². The van der Waals surface area contributed by atoms with Crippen LogP contribution in [-0.4, -0.2) is 25.7 Å². The monoisotopic (exact) mass is 360 g/mol. The number of halogens is 1. The summed E-state index contributed by atoms with van der Waals surface area (Å²) in [6.07, 6.45) is 0.830. The molecule has 1 amide bonds. The van der Waals surface area contributed by atoms with Crippen molar-refractivity contribution in [3.05, 3.63) is 52.5 Å². The standard InChI is InChI=1S/C19H21ClN2O3/c1-13-5-2-3-6-14(13)11-22-19(23)12-21-16-10-18-17(9-15(16)20)24-7-4-8-25-18/h2-3,5-6,9-10,21H,4,7-8,11-12H2,1H3,(H,22,23). The third kappa shape index (κ3) is 4.57. The predicted molar refractivity (Wildman–Crippen MR) is 98.6 cm³/mol. The van der Waals surface area contributed by atoms with Crippen LogP contribution in [0.25, 0.3) is 0 Å². The van der Waals surface area contributed by atoms with E-state index < -0.39 is 0 Å². The van der Waals surface area contributed by atoms with Gasteiger partial charge in [-0.15, -0.1) is 0 Å². The number of amides is 1. The fourth-order valence-corrected chi connectivity index (χ4v) is 2.78.